The Balaban J connectivity index is 2.39. The van der Waals surface area contributed by atoms with Crippen LogP contribution in [0.4, 0.5) is 13.2 Å². The molecule has 24 heavy (non-hydrogen) atoms. The minimum absolute atomic E-state index is 0.00344. The van der Waals surface area contributed by atoms with Crippen molar-refractivity contribution in [2.45, 2.75) is 11.6 Å². The first-order valence-electron chi connectivity index (χ1n) is 7.20. The summed E-state index contributed by atoms with van der Waals surface area (Å²) in [6.07, 6.45) is 2.11. The third-order valence-corrected chi connectivity index (χ3v) is 4.15. The SMILES string of the molecule is C#CC(c1ccccc1)(c1c[nH]c2c(OC)cccc12)C(F)(F)F. The molecule has 0 fully saturated rings. The molecule has 2 aromatic carbocycles. The Hall–Kier alpha value is -2.87. The second-order valence-electron chi connectivity index (χ2n) is 5.34. The summed E-state index contributed by atoms with van der Waals surface area (Å²) in [5.41, 5.74) is -2.07. The van der Waals surface area contributed by atoms with E-state index in [1.165, 1.54) is 25.4 Å². The monoisotopic (exact) mass is 329 g/mol. The minimum Gasteiger partial charge on any atom is -0.495 e. The molecule has 0 bridgehead atoms. The molecule has 0 amide bonds. The van der Waals surface area contributed by atoms with E-state index in [9.17, 15) is 13.2 Å². The topological polar surface area (TPSA) is 25.0 Å². The van der Waals surface area contributed by atoms with Crippen molar-refractivity contribution in [3.63, 3.8) is 0 Å². The third kappa shape index (κ3) is 2.15. The van der Waals surface area contributed by atoms with Gasteiger partial charge in [-0.15, -0.1) is 6.42 Å². The zero-order valence-corrected chi connectivity index (χ0v) is 12.8. The number of aromatic nitrogens is 1. The number of benzene rings is 2. The number of fused-ring (bicyclic) bond motifs is 1. The highest BCUT2D eigenvalue weighted by atomic mass is 19.4. The van der Waals surface area contributed by atoms with E-state index in [2.05, 4.69) is 4.98 Å². The van der Waals surface area contributed by atoms with Crippen LogP contribution in [0.1, 0.15) is 11.1 Å². The highest BCUT2D eigenvalue weighted by Crippen LogP contribution is 2.48. The number of hydrogen-bond acceptors (Lipinski definition) is 1. The molecule has 0 aliphatic rings. The Labute approximate surface area is 137 Å². The molecule has 1 aromatic heterocycles. The van der Waals surface area contributed by atoms with Crippen LogP contribution in [0, 0.1) is 12.3 Å². The van der Waals surface area contributed by atoms with E-state index in [4.69, 9.17) is 11.2 Å². The third-order valence-electron chi connectivity index (χ3n) is 4.15. The highest BCUT2D eigenvalue weighted by molar-refractivity contribution is 5.90. The van der Waals surface area contributed by atoms with Crippen LogP contribution < -0.4 is 4.74 Å². The van der Waals surface area contributed by atoms with Gasteiger partial charge in [0.25, 0.3) is 0 Å². The fourth-order valence-corrected chi connectivity index (χ4v) is 3.01. The summed E-state index contributed by atoms with van der Waals surface area (Å²) in [6, 6.07) is 12.4. The first kappa shape index (κ1) is 16.0. The average molecular weight is 329 g/mol. The van der Waals surface area contributed by atoms with Crippen LogP contribution in [-0.4, -0.2) is 18.3 Å². The molecule has 5 heteroatoms. The number of terminal acetylenes is 1. The lowest BCUT2D eigenvalue weighted by Gasteiger charge is -2.31. The van der Waals surface area contributed by atoms with Crippen molar-refractivity contribution in [3.05, 3.63) is 65.9 Å². The number of nitrogens with one attached hydrogen (secondary N) is 1. The number of methoxy groups -OCH3 is 1. The number of H-pyrrole nitrogens is 1. The summed E-state index contributed by atoms with van der Waals surface area (Å²) in [4.78, 5) is 2.87. The average Bonchev–Trinajstić information content (AvgIpc) is 3.00. The van der Waals surface area contributed by atoms with Gasteiger partial charge in [-0.1, -0.05) is 48.4 Å². The first-order valence-corrected chi connectivity index (χ1v) is 7.20. The molecular formula is C19H14F3NO. The van der Waals surface area contributed by atoms with Gasteiger partial charge in [0.05, 0.1) is 12.6 Å². The Morgan fingerprint density at radius 3 is 2.33 bits per heavy atom. The smallest absolute Gasteiger partial charge is 0.413 e. The lowest BCUT2D eigenvalue weighted by atomic mass is 9.74. The summed E-state index contributed by atoms with van der Waals surface area (Å²) in [5.74, 6) is 2.48. The van der Waals surface area contributed by atoms with E-state index < -0.39 is 11.6 Å². The maximum Gasteiger partial charge on any atom is 0.413 e. The van der Waals surface area contributed by atoms with Crippen molar-refractivity contribution < 1.29 is 17.9 Å². The Morgan fingerprint density at radius 2 is 1.75 bits per heavy atom. The van der Waals surface area contributed by atoms with Crippen LogP contribution >= 0.6 is 0 Å². The molecule has 0 aliphatic carbocycles. The Bertz CT molecular complexity index is 906. The number of rotatable bonds is 3. The minimum atomic E-state index is -4.67. The van der Waals surface area contributed by atoms with Crippen molar-refractivity contribution in [2.24, 2.45) is 0 Å². The second kappa shape index (κ2) is 5.64. The van der Waals surface area contributed by atoms with Crippen molar-refractivity contribution in [3.8, 4) is 18.1 Å². The van der Waals surface area contributed by atoms with Crippen LogP contribution in [0.3, 0.4) is 0 Å². The highest BCUT2D eigenvalue weighted by Gasteiger charge is 2.57. The number of aromatic amines is 1. The summed E-state index contributed by atoms with van der Waals surface area (Å²) in [5, 5.41) is 0.383. The second-order valence-corrected chi connectivity index (χ2v) is 5.34. The number of ether oxygens (including phenoxy) is 1. The van der Waals surface area contributed by atoms with E-state index >= 15 is 0 Å². The van der Waals surface area contributed by atoms with Gasteiger partial charge < -0.3 is 9.72 Å². The molecular weight excluding hydrogens is 315 g/mol. The molecule has 0 radical (unpaired) electrons. The number of para-hydroxylation sites is 1. The quantitative estimate of drug-likeness (QED) is 0.695. The fraction of sp³-hybridized carbons (Fsp3) is 0.158. The van der Waals surface area contributed by atoms with Gasteiger partial charge in [0.15, 0.2) is 5.41 Å². The van der Waals surface area contributed by atoms with Gasteiger partial charge in [-0.3, -0.25) is 0 Å². The number of alkyl halides is 3. The van der Waals surface area contributed by atoms with Crippen LogP contribution in [-0.2, 0) is 5.41 Å². The summed E-state index contributed by atoms with van der Waals surface area (Å²) < 4.78 is 47.7. The molecule has 3 rings (SSSR count). The molecule has 0 saturated heterocycles. The standard InChI is InChI=1S/C19H14F3NO/c1-3-18(19(20,21)22,13-8-5-4-6-9-13)15-12-23-17-14(15)10-7-11-16(17)24-2/h1,4-12,23H,2H3. The van der Waals surface area contributed by atoms with Crippen LogP contribution in [0.25, 0.3) is 10.9 Å². The van der Waals surface area contributed by atoms with Gasteiger partial charge in [-0.25, -0.2) is 0 Å². The number of halogens is 3. The van der Waals surface area contributed by atoms with Crippen LogP contribution in [0.2, 0.25) is 0 Å². The van der Waals surface area contributed by atoms with E-state index in [-0.39, 0.29) is 11.1 Å². The lowest BCUT2D eigenvalue weighted by molar-refractivity contribution is -0.161. The van der Waals surface area contributed by atoms with E-state index in [0.29, 0.717) is 16.7 Å². The molecule has 1 unspecified atom stereocenters. The van der Waals surface area contributed by atoms with Crippen molar-refractivity contribution in [2.75, 3.05) is 7.11 Å². The first-order chi connectivity index (χ1) is 11.5. The summed E-state index contributed by atoms with van der Waals surface area (Å²) in [7, 11) is 1.46. The largest absolute Gasteiger partial charge is 0.495 e. The predicted molar refractivity (Wildman–Crippen MR) is 87.0 cm³/mol. The molecule has 0 aliphatic heterocycles. The zero-order chi connectivity index (χ0) is 17.4. The lowest BCUT2D eigenvalue weighted by Crippen LogP contribution is -2.42. The van der Waals surface area contributed by atoms with Crippen molar-refractivity contribution >= 4 is 10.9 Å². The maximum atomic E-state index is 14.1. The van der Waals surface area contributed by atoms with E-state index in [1.807, 2.05) is 5.92 Å². The predicted octanol–water partition coefficient (Wildman–Crippen LogP) is 4.66. The molecule has 2 nitrogen and oxygen atoms in total. The van der Waals surface area contributed by atoms with Crippen molar-refractivity contribution in [1.29, 1.82) is 0 Å². The van der Waals surface area contributed by atoms with Gasteiger partial charge in [-0.2, -0.15) is 13.2 Å². The Kier molecular flexibility index (Phi) is 3.76. The van der Waals surface area contributed by atoms with Gasteiger partial charge in [0.2, 0.25) is 0 Å². The number of hydrogen-bond donors (Lipinski definition) is 1. The molecule has 1 atom stereocenters. The van der Waals surface area contributed by atoms with Crippen LogP contribution in [0.15, 0.2) is 54.7 Å². The molecule has 3 aromatic rings. The molecule has 122 valence electrons. The van der Waals surface area contributed by atoms with E-state index in [1.54, 1.807) is 36.4 Å². The normalized spacial score (nSPS) is 14.1. The molecule has 0 saturated carbocycles. The van der Waals surface area contributed by atoms with Gasteiger partial charge >= 0.3 is 6.18 Å². The molecule has 1 N–H and O–H groups in total. The molecule has 0 spiro atoms. The van der Waals surface area contributed by atoms with Gasteiger partial charge in [-0.05, 0) is 11.6 Å². The van der Waals surface area contributed by atoms with Gasteiger partial charge in [0.1, 0.15) is 5.75 Å². The fourth-order valence-electron chi connectivity index (χ4n) is 3.01. The maximum absolute atomic E-state index is 14.1. The summed E-state index contributed by atoms with van der Waals surface area (Å²) >= 11 is 0. The van der Waals surface area contributed by atoms with Crippen molar-refractivity contribution in [1.82, 2.24) is 4.98 Å². The molecule has 1 heterocycles. The zero-order valence-electron chi connectivity index (χ0n) is 12.8. The van der Waals surface area contributed by atoms with Crippen LogP contribution in [0.5, 0.6) is 5.75 Å². The summed E-state index contributed by atoms with van der Waals surface area (Å²) in [6.45, 7) is 0. The Morgan fingerprint density at radius 1 is 1.04 bits per heavy atom. The van der Waals surface area contributed by atoms with E-state index in [0.717, 1.165) is 0 Å². The van der Waals surface area contributed by atoms with Gasteiger partial charge in [0, 0.05) is 17.1 Å².